The van der Waals surface area contributed by atoms with Crippen LogP contribution in [0.5, 0.6) is 5.88 Å². The molecule has 0 fully saturated rings. The molecule has 0 amide bonds. The first kappa shape index (κ1) is 12.4. The maximum absolute atomic E-state index is 5.86. The first-order chi connectivity index (χ1) is 8.58. The van der Waals surface area contributed by atoms with Crippen LogP contribution < -0.4 is 10.5 Å². The van der Waals surface area contributed by atoms with Crippen LogP contribution in [0.3, 0.4) is 0 Å². The fourth-order valence-electron chi connectivity index (χ4n) is 1.70. The maximum atomic E-state index is 5.86. The van der Waals surface area contributed by atoms with E-state index in [0.717, 1.165) is 11.1 Å². The molecule has 0 spiro atoms. The Morgan fingerprint density at radius 3 is 2.44 bits per heavy atom. The normalized spacial score (nSPS) is 12.2. The Hall–Kier alpha value is -2.10. The van der Waals surface area contributed by atoms with Crippen LogP contribution in [0.2, 0.25) is 0 Å². The molecule has 1 atom stereocenters. The molecule has 18 heavy (non-hydrogen) atoms. The number of benzene rings is 1. The monoisotopic (exact) mass is 243 g/mol. The van der Waals surface area contributed by atoms with Gasteiger partial charge in [-0.1, -0.05) is 30.3 Å². The summed E-state index contributed by atoms with van der Waals surface area (Å²) in [7, 11) is 0. The van der Waals surface area contributed by atoms with E-state index in [1.807, 2.05) is 44.2 Å². The van der Waals surface area contributed by atoms with Crippen LogP contribution in [0.25, 0.3) is 0 Å². The molecule has 0 aliphatic carbocycles. The third kappa shape index (κ3) is 2.59. The lowest BCUT2D eigenvalue weighted by Crippen LogP contribution is -2.08. The lowest BCUT2D eigenvalue weighted by Gasteiger charge is -2.16. The highest BCUT2D eigenvalue weighted by atomic mass is 16.5. The Morgan fingerprint density at radius 2 is 1.78 bits per heavy atom. The van der Waals surface area contributed by atoms with Crippen LogP contribution in [-0.2, 0) is 0 Å². The second kappa shape index (κ2) is 5.04. The fourth-order valence-corrected chi connectivity index (χ4v) is 1.70. The molecule has 2 aromatic rings. The molecule has 1 heterocycles. The van der Waals surface area contributed by atoms with Crippen molar-refractivity contribution in [3.8, 4) is 5.88 Å². The molecule has 4 heteroatoms. The first-order valence-electron chi connectivity index (χ1n) is 5.90. The summed E-state index contributed by atoms with van der Waals surface area (Å²) >= 11 is 0. The fraction of sp³-hybridized carbons (Fsp3) is 0.286. The van der Waals surface area contributed by atoms with Crippen LogP contribution in [-0.4, -0.2) is 9.97 Å². The molecule has 0 bridgehead atoms. The highest BCUT2D eigenvalue weighted by Crippen LogP contribution is 2.25. The second-order valence-corrected chi connectivity index (χ2v) is 4.26. The van der Waals surface area contributed by atoms with Gasteiger partial charge in [0.05, 0.1) is 5.56 Å². The number of hydrogen-bond donors (Lipinski definition) is 1. The van der Waals surface area contributed by atoms with Gasteiger partial charge in [-0.15, -0.1) is 0 Å². The van der Waals surface area contributed by atoms with Crippen molar-refractivity contribution in [2.45, 2.75) is 26.9 Å². The average molecular weight is 243 g/mol. The number of nitrogens with two attached hydrogens (primary N) is 1. The van der Waals surface area contributed by atoms with Gasteiger partial charge in [-0.2, -0.15) is 4.98 Å². The first-order valence-corrected chi connectivity index (χ1v) is 5.90. The summed E-state index contributed by atoms with van der Waals surface area (Å²) < 4.78 is 5.86. The molecule has 0 saturated heterocycles. The average Bonchev–Trinajstić information content (AvgIpc) is 2.36. The van der Waals surface area contributed by atoms with Crippen molar-refractivity contribution in [1.29, 1.82) is 0 Å². The number of ether oxygens (including phenoxy) is 1. The molecule has 1 aromatic heterocycles. The Labute approximate surface area is 107 Å². The van der Waals surface area contributed by atoms with E-state index < -0.39 is 0 Å². The molecule has 94 valence electrons. The van der Waals surface area contributed by atoms with Gasteiger partial charge in [-0.05, 0) is 26.3 Å². The summed E-state index contributed by atoms with van der Waals surface area (Å²) in [6, 6.07) is 10.0. The molecule has 0 saturated carbocycles. The van der Waals surface area contributed by atoms with Gasteiger partial charge in [-0.3, -0.25) is 0 Å². The van der Waals surface area contributed by atoms with Crippen LogP contribution in [0, 0.1) is 13.8 Å². The van der Waals surface area contributed by atoms with Gasteiger partial charge >= 0.3 is 0 Å². The van der Waals surface area contributed by atoms with Gasteiger partial charge in [0.25, 0.3) is 0 Å². The standard InChI is InChI=1S/C14H17N3O/c1-9-13(15)16-11(3)17-14(9)18-10(2)12-7-5-4-6-8-12/h4-8,10H,1-3H3,(H2,15,16,17). The summed E-state index contributed by atoms with van der Waals surface area (Å²) in [6.07, 6.45) is -0.0707. The minimum atomic E-state index is -0.0707. The van der Waals surface area contributed by atoms with E-state index in [1.54, 1.807) is 6.92 Å². The molecule has 1 unspecified atom stereocenters. The van der Waals surface area contributed by atoms with Crippen LogP contribution in [0.4, 0.5) is 5.82 Å². The van der Waals surface area contributed by atoms with Crippen molar-refractivity contribution >= 4 is 5.82 Å². The number of aryl methyl sites for hydroxylation is 1. The lowest BCUT2D eigenvalue weighted by atomic mass is 10.1. The van der Waals surface area contributed by atoms with Gasteiger partial charge in [0.2, 0.25) is 5.88 Å². The number of nitrogens with zero attached hydrogens (tertiary/aromatic N) is 2. The van der Waals surface area contributed by atoms with Crippen molar-refractivity contribution in [2.75, 3.05) is 5.73 Å². The van der Waals surface area contributed by atoms with E-state index in [9.17, 15) is 0 Å². The molecule has 4 nitrogen and oxygen atoms in total. The van der Waals surface area contributed by atoms with Crippen LogP contribution in [0.15, 0.2) is 30.3 Å². The van der Waals surface area contributed by atoms with Crippen molar-refractivity contribution in [3.63, 3.8) is 0 Å². The van der Waals surface area contributed by atoms with Gasteiger partial charge in [0, 0.05) is 0 Å². The number of rotatable bonds is 3. The molecule has 0 aliphatic rings. The molecule has 0 radical (unpaired) electrons. The Kier molecular flexibility index (Phi) is 3.46. The number of nitrogen functional groups attached to an aromatic ring is 1. The third-order valence-electron chi connectivity index (χ3n) is 2.81. The predicted molar refractivity (Wildman–Crippen MR) is 71.4 cm³/mol. The lowest BCUT2D eigenvalue weighted by molar-refractivity contribution is 0.215. The molecular formula is C14H17N3O. The van der Waals surface area contributed by atoms with Crippen molar-refractivity contribution in [2.24, 2.45) is 0 Å². The van der Waals surface area contributed by atoms with Gasteiger partial charge in [0.15, 0.2) is 0 Å². The second-order valence-electron chi connectivity index (χ2n) is 4.26. The van der Waals surface area contributed by atoms with E-state index >= 15 is 0 Å². The van der Waals surface area contributed by atoms with Crippen LogP contribution >= 0.6 is 0 Å². The van der Waals surface area contributed by atoms with E-state index in [1.165, 1.54) is 0 Å². The van der Waals surface area contributed by atoms with E-state index in [2.05, 4.69) is 9.97 Å². The summed E-state index contributed by atoms with van der Waals surface area (Å²) in [5, 5.41) is 0. The van der Waals surface area contributed by atoms with Crippen molar-refractivity contribution in [3.05, 3.63) is 47.3 Å². The Balaban J connectivity index is 2.24. The van der Waals surface area contributed by atoms with E-state index in [4.69, 9.17) is 10.5 Å². The molecule has 1 aromatic carbocycles. The van der Waals surface area contributed by atoms with Crippen molar-refractivity contribution < 1.29 is 4.74 Å². The third-order valence-corrected chi connectivity index (χ3v) is 2.81. The number of anilines is 1. The zero-order valence-corrected chi connectivity index (χ0v) is 10.8. The van der Waals surface area contributed by atoms with E-state index in [-0.39, 0.29) is 6.10 Å². The molecule has 0 aliphatic heterocycles. The SMILES string of the molecule is Cc1nc(N)c(C)c(OC(C)c2ccccc2)n1. The van der Waals surface area contributed by atoms with Gasteiger partial charge in [0.1, 0.15) is 17.7 Å². The summed E-state index contributed by atoms with van der Waals surface area (Å²) in [4.78, 5) is 8.39. The molecule has 2 rings (SSSR count). The zero-order valence-electron chi connectivity index (χ0n) is 10.8. The maximum Gasteiger partial charge on any atom is 0.222 e. The largest absolute Gasteiger partial charge is 0.469 e. The van der Waals surface area contributed by atoms with Gasteiger partial charge < -0.3 is 10.5 Å². The van der Waals surface area contributed by atoms with Crippen LogP contribution in [0.1, 0.15) is 30.0 Å². The molecule has 2 N–H and O–H groups in total. The Bertz CT molecular complexity index is 540. The highest BCUT2D eigenvalue weighted by Gasteiger charge is 2.12. The quantitative estimate of drug-likeness (QED) is 0.900. The van der Waals surface area contributed by atoms with Gasteiger partial charge in [-0.25, -0.2) is 4.98 Å². The smallest absolute Gasteiger partial charge is 0.222 e. The highest BCUT2D eigenvalue weighted by molar-refractivity contribution is 5.44. The minimum Gasteiger partial charge on any atom is -0.469 e. The number of hydrogen-bond acceptors (Lipinski definition) is 4. The predicted octanol–water partition coefficient (Wildman–Crippen LogP) is 2.82. The summed E-state index contributed by atoms with van der Waals surface area (Å²) in [5.41, 5.74) is 7.69. The van der Waals surface area contributed by atoms with Crippen molar-refractivity contribution in [1.82, 2.24) is 9.97 Å². The minimum absolute atomic E-state index is 0.0707. The zero-order chi connectivity index (χ0) is 13.1. The molecular weight excluding hydrogens is 226 g/mol. The van der Waals surface area contributed by atoms with E-state index in [0.29, 0.717) is 17.5 Å². The summed E-state index contributed by atoms with van der Waals surface area (Å²) in [5.74, 6) is 1.64. The summed E-state index contributed by atoms with van der Waals surface area (Å²) in [6.45, 7) is 5.65. The Morgan fingerprint density at radius 1 is 1.11 bits per heavy atom. The number of aromatic nitrogens is 2. The topological polar surface area (TPSA) is 61.0 Å².